The van der Waals surface area contributed by atoms with Crippen LogP contribution in [0.1, 0.15) is 5.56 Å². The van der Waals surface area contributed by atoms with Crippen molar-refractivity contribution in [3.63, 3.8) is 0 Å². The van der Waals surface area contributed by atoms with Crippen LogP contribution in [-0.4, -0.2) is 13.6 Å². The number of likely N-dealkylation sites (N-methyl/N-ethyl adjacent to an activating group) is 1. The van der Waals surface area contributed by atoms with Gasteiger partial charge in [0, 0.05) is 13.6 Å². The van der Waals surface area contributed by atoms with E-state index in [2.05, 4.69) is 0 Å². The SMILES string of the molecule is CN1CCc2ccc(F)c(F)c21. The number of benzene rings is 1. The minimum atomic E-state index is -0.762. The summed E-state index contributed by atoms with van der Waals surface area (Å²) in [5.41, 5.74) is 1.33. The maximum Gasteiger partial charge on any atom is 0.182 e. The van der Waals surface area contributed by atoms with Crippen LogP contribution in [-0.2, 0) is 6.42 Å². The molecule has 1 nitrogen and oxygen atoms in total. The Morgan fingerprint density at radius 3 is 2.83 bits per heavy atom. The Bertz CT molecular complexity index is 323. The second-order valence-electron chi connectivity index (χ2n) is 3.04. The lowest BCUT2D eigenvalue weighted by atomic mass is 10.1. The summed E-state index contributed by atoms with van der Waals surface area (Å²) >= 11 is 0. The molecule has 1 aliphatic heterocycles. The van der Waals surface area contributed by atoms with Crippen molar-refractivity contribution >= 4 is 5.69 Å². The predicted octanol–water partition coefficient (Wildman–Crippen LogP) is 1.96. The molecule has 0 amide bonds. The second kappa shape index (κ2) is 2.44. The fourth-order valence-electron chi connectivity index (χ4n) is 1.59. The predicted molar refractivity (Wildman–Crippen MR) is 43.3 cm³/mol. The summed E-state index contributed by atoms with van der Waals surface area (Å²) in [6.45, 7) is 0.774. The molecule has 0 radical (unpaired) electrons. The van der Waals surface area contributed by atoms with Crippen LogP contribution in [0.4, 0.5) is 14.5 Å². The van der Waals surface area contributed by atoms with Crippen LogP contribution in [0.15, 0.2) is 12.1 Å². The average Bonchev–Trinajstić information content (AvgIpc) is 2.41. The van der Waals surface area contributed by atoms with Crippen molar-refractivity contribution < 1.29 is 8.78 Å². The van der Waals surface area contributed by atoms with E-state index in [-0.39, 0.29) is 0 Å². The molecule has 1 heterocycles. The zero-order valence-corrected chi connectivity index (χ0v) is 6.77. The van der Waals surface area contributed by atoms with Gasteiger partial charge in [-0.05, 0) is 18.1 Å². The lowest BCUT2D eigenvalue weighted by molar-refractivity contribution is 0.509. The Morgan fingerprint density at radius 2 is 2.08 bits per heavy atom. The normalized spacial score (nSPS) is 15.1. The maximum absolute atomic E-state index is 13.1. The van der Waals surface area contributed by atoms with E-state index < -0.39 is 11.6 Å². The molecule has 3 heteroatoms. The molecule has 0 saturated heterocycles. The standard InChI is InChI=1S/C9H9F2N/c1-12-5-4-6-2-3-7(10)8(11)9(6)12/h2-3H,4-5H2,1H3. The summed E-state index contributed by atoms with van der Waals surface area (Å²) in [6, 6.07) is 2.84. The lowest BCUT2D eigenvalue weighted by Crippen LogP contribution is -2.14. The summed E-state index contributed by atoms with van der Waals surface area (Å²) in [5, 5.41) is 0. The minimum Gasteiger partial charge on any atom is -0.372 e. The quantitative estimate of drug-likeness (QED) is 0.573. The molecule has 0 bridgehead atoms. The summed E-state index contributed by atoms with van der Waals surface area (Å²) in [6.07, 6.45) is 0.809. The van der Waals surface area contributed by atoms with Crippen LogP contribution in [0.5, 0.6) is 0 Å². The highest BCUT2D eigenvalue weighted by molar-refractivity contribution is 5.58. The molecule has 0 unspecified atom stereocenters. The molecule has 1 aromatic rings. The third-order valence-corrected chi connectivity index (χ3v) is 2.25. The smallest absolute Gasteiger partial charge is 0.182 e. The van der Waals surface area contributed by atoms with Gasteiger partial charge in [-0.3, -0.25) is 0 Å². The van der Waals surface area contributed by atoms with E-state index in [1.807, 2.05) is 0 Å². The van der Waals surface area contributed by atoms with Gasteiger partial charge >= 0.3 is 0 Å². The number of halogens is 2. The van der Waals surface area contributed by atoms with Crippen LogP contribution in [0.2, 0.25) is 0 Å². The molecule has 1 aromatic carbocycles. The van der Waals surface area contributed by atoms with Gasteiger partial charge in [0.25, 0.3) is 0 Å². The van der Waals surface area contributed by atoms with Crippen LogP contribution in [0.25, 0.3) is 0 Å². The van der Waals surface area contributed by atoms with Crippen LogP contribution < -0.4 is 4.90 Å². The van der Waals surface area contributed by atoms with Crippen LogP contribution in [0, 0.1) is 11.6 Å². The third-order valence-electron chi connectivity index (χ3n) is 2.25. The first kappa shape index (κ1) is 7.53. The molecule has 0 saturated carbocycles. The van der Waals surface area contributed by atoms with Crippen molar-refractivity contribution in [1.82, 2.24) is 0 Å². The number of hydrogen-bond donors (Lipinski definition) is 0. The van der Waals surface area contributed by atoms with E-state index in [1.54, 1.807) is 18.0 Å². The van der Waals surface area contributed by atoms with Crippen LogP contribution in [0.3, 0.4) is 0 Å². The van der Waals surface area contributed by atoms with Crippen molar-refractivity contribution in [2.24, 2.45) is 0 Å². The highest BCUT2D eigenvalue weighted by Gasteiger charge is 2.21. The molecule has 0 fully saturated rings. The van der Waals surface area contributed by atoms with Crippen LogP contribution >= 0.6 is 0 Å². The molecule has 0 aromatic heterocycles. The highest BCUT2D eigenvalue weighted by atomic mass is 19.2. The number of anilines is 1. The van der Waals surface area contributed by atoms with E-state index in [9.17, 15) is 8.78 Å². The lowest BCUT2D eigenvalue weighted by Gasteiger charge is -2.12. The zero-order chi connectivity index (χ0) is 8.72. The molecular weight excluding hydrogens is 160 g/mol. The zero-order valence-electron chi connectivity index (χ0n) is 6.77. The Balaban J connectivity index is 2.63. The summed E-state index contributed by atoms with van der Waals surface area (Å²) in [7, 11) is 1.77. The number of rotatable bonds is 0. The highest BCUT2D eigenvalue weighted by Crippen LogP contribution is 2.30. The summed E-state index contributed by atoms with van der Waals surface area (Å²) in [4.78, 5) is 1.74. The maximum atomic E-state index is 13.1. The number of fused-ring (bicyclic) bond motifs is 1. The molecule has 64 valence electrons. The molecular formula is C9H9F2N. The van der Waals surface area contributed by atoms with Gasteiger partial charge in [0.2, 0.25) is 0 Å². The summed E-state index contributed by atoms with van der Waals surface area (Å²) < 4.78 is 25.9. The van der Waals surface area contributed by atoms with Gasteiger partial charge in [-0.1, -0.05) is 6.07 Å². The summed E-state index contributed by atoms with van der Waals surface area (Å²) in [5.74, 6) is -1.48. The van der Waals surface area contributed by atoms with Crippen molar-refractivity contribution in [3.05, 3.63) is 29.3 Å². The molecule has 0 aliphatic carbocycles. The van der Waals surface area contributed by atoms with Gasteiger partial charge in [0.05, 0.1) is 5.69 Å². The van der Waals surface area contributed by atoms with Gasteiger partial charge < -0.3 is 4.90 Å². The van der Waals surface area contributed by atoms with E-state index in [0.717, 1.165) is 18.5 Å². The minimum absolute atomic E-state index is 0.426. The second-order valence-corrected chi connectivity index (χ2v) is 3.04. The van der Waals surface area contributed by atoms with Crippen molar-refractivity contribution in [2.75, 3.05) is 18.5 Å². The van der Waals surface area contributed by atoms with Crippen molar-refractivity contribution in [2.45, 2.75) is 6.42 Å². The van der Waals surface area contributed by atoms with E-state index >= 15 is 0 Å². The molecule has 1 aliphatic rings. The Hall–Kier alpha value is -1.12. The first-order chi connectivity index (χ1) is 5.70. The first-order valence-corrected chi connectivity index (χ1v) is 3.88. The van der Waals surface area contributed by atoms with Crippen molar-refractivity contribution in [1.29, 1.82) is 0 Å². The largest absolute Gasteiger partial charge is 0.372 e. The molecule has 0 N–H and O–H groups in total. The Labute approximate surface area is 69.6 Å². The average molecular weight is 169 g/mol. The first-order valence-electron chi connectivity index (χ1n) is 3.88. The molecule has 0 atom stereocenters. The fraction of sp³-hybridized carbons (Fsp3) is 0.333. The molecule has 12 heavy (non-hydrogen) atoms. The van der Waals surface area contributed by atoms with E-state index in [4.69, 9.17) is 0 Å². The van der Waals surface area contributed by atoms with Gasteiger partial charge in [0.1, 0.15) is 0 Å². The van der Waals surface area contributed by atoms with E-state index in [1.165, 1.54) is 6.07 Å². The Morgan fingerprint density at radius 1 is 1.33 bits per heavy atom. The van der Waals surface area contributed by atoms with Crippen molar-refractivity contribution in [3.8, 4) is 0 Å². The van der Waals surface area contributed by atoms with E-state index in [0.29, 0.717) is 5.69 Å². The fourth-order valence-corrected chi connectivity index (χ4v) is 1.59. The van der Waals surface area contributed by atoms with Gasteiger partial charge in [-0.2, -0.15) is 0 Å². The van der Waals surface area contributed by atoms with Gasteiger partial charge in [-0.25, -0.2) is 8.78 Å². The third kappa shape index (κ3) is 0.891. The molecule has 2 rings (SSSR count). The topological polar surface area (TPSA) is 3.24 Å². The number of hydrogen-bond acceptors (Lipinski definition) is 1. The number of nitrogens with zero attached hydrogens (tertiary/aromatic N) is 1. The monoisotopic (exact) mass is 169 g/mol. The van der Waals surface area contributed by atoms with Gasteiger partial charge in [-0.15, -0.1) is 0 Å². The van der Waals surface area contributed by atoms with Gasteiger partial charge in [0.15, 0.2) is 11.6 Å². The Kier molecular flexibility index (Phi) is 1.53. The molecule has 0 spiro atoms.